The third-order valence-corrected chi connectivity index (χ3v) is 2.69. The maximum absolute atomic E-state index is 11.5. The van der Waals surface area contributed by atoms with Crippen LogP contribution in [-0.4, -0.2) is 68.6 Å². The van der Waals surface area contributed by atoms with Crippen molar-refractivity contribution in [3.05, 3.63) is 0 Å². The molecule has 2 N–H and O–H groups in total. The number of nitrogens with one attached hydrogen (secondary N) is 1. The van der Waals surface area contributed by atoms with Crippen LogP contribution in [0.1, 0.15) is 6.42 Å². The number of methoxy groups -OCH3 is 1. The number of carboxylic acid groups (broad SMARTS) is 1. The van der Waals surface area contributed by atoms with Crippen molar-refractivity contribution >= 4 is 12.0 Å². The van der Waals surface area contributed by atoms with E-state index in [2.05, 4.69) is 5.32 Å². The topological polar surface area (TPSA) is 88.1 Å². The lowest BCUT2D eigenvalue weighted by atomic mass is 10.0. The number of amides is 2. The number of likely N-dealkylation sites (tertiary alicyclic amines) is 1. The predicted octanol–water partition coefficient (Wildman–Crippen LogP) is -0.234. The van der Waals surface area contributed by atoms with Crippen LogP contribution in [0.2, 0.25) is 0 Å². The highest BCUT2D eigenvalue weighted by Gasteiger charge is 2.35. The van der Waals surface area contributed by atoms with Crippen molar-refractivity contribution in [1.82, 2.24) is 10.2 Å². The molecule has 0 saturated carbocycles. The Labute approximate surface area is 106 Å². The lowest BCUT2D eigenvalue weighted by Crippen LogP contribution is -2.56. The Bertz CT molecular complexity index is 279. The van der Waals surface area contributed by atoms with Crippen molar-refractivity contribution in [1.29, 1.82) is 0 Å². The maximum atomic E-state index is 11.5. The Balaban J connectivity index is 1.94. The number of carboxylic acids is 1. The van der Waals surface area contributed by atoms with Gasteiger partial charge in [-0.25, -0.2) is 4.79 Å². The Hall–Kier alpha value is -1.34. The zero-order valence-corrected chi connectivity index (χ0v) is 10.6. The van der Waals surface area contributed by atoms with Crippen LogP contribution in [0.15, 0.2) is 0 Å². The number of ether oxygens (including phenoxy) is 2. The van der Waals surface area contributed by atoms with Gasteiger partial charge in [0.15, 0.2) is 0 Å². The molecule has 1 saturated heterocycles. The Kier molecular flexibility index (Phi) is 6.45. The molecule has 18 heavy (non-hydrogen) atoms. The number of urea groups is 1. The second-order valence-corrected chi connectivity index (χ2v) is 4.13. The van der Waals surface area contributed by atoms with E-state index >= 15 is 0 Å². The number of nitrogens with zero attached hydrogens (tertiary/aromatic N) is 1. The number of carbonyl (C=O) groups is 2. The molecule has 1 heterocycles. The summed E-state index contributed by atoms with van der Waals surface area (Å²) in [6.45, 7) is 2.81. The zero-order valence-electron chi connectivity index (χ0n) is 10.6. The van der Waals surface area contributed by atoms with Crippen LogP contribution in [0.4, 0.5) is 4.79 Å². The minimum atomic E-state index is -0.842. The SMILES string of the molecule is COCCOCCCNC(=O)N1CC(C(=O)O)C1. The van der Waals surface area contributed by atoms with Gasteiger partial charge < -0.3 is 24.8 Å². The summed E-state index contributed by atoms with van der Waals surface area (Å²) >= 11 is 0. The molecule has 0 unspecified atom stereocenters. The summed E-state index contributed by atoms with van der Waals surface area (Å²) < 4.78 is 10.1. The van der Waals surface area contributed by atoms with Crippen LogP contribution in [-0.2, 0) is 14.3 Å². The fraction of sp³-hybridized carbons (Fsp3) is 0.818. The molecule has 7 nitrogen and oxygen atoms in total. The molecule has 2 amide bonds. The highest BCUT2D eigenvalue weighted by molar-refractivity contribution is 5.79. The summed E-state index contributed by atoms with van der Waals surface area (Å²) in [6, 6.07) is -0.204. The maximum Gasteiger partial charge on any atom is 0.317 e. The molecule has 0 bridgehead atoms. The molecule has 0 aromatic carbocycles. The van der Waals surface area contributed by atoms with E-state index in [0.717, 1.165) is 6.42 Å². The molecule has 0 aromatic rings. The van der Waals surface area contributed by atoms with E-state index in [1.165, 1.54) is 4.90 Å². The average molecular weight is 260 g/mol. The van der Waals surface area contributed by atoms with Crippen molar-refractivity contribution in [2.45, 2.75) is 6.42 Å². The zero-order chi connectivity index (χ0) is 13.4. The highest BCUT2D eigenvalue weighted by Crippen LogP contribution is 2.14. The first-order chi connectivity index (χ1) is 8.65. The monoisotopic (exact) mass is 260 g/mol. The summed E-state index contributed by atoms with van der Waals surface area (Å²) in [5.41, 5.74) is 0. The quantitative estimate of drug-likeness (QED) is 0.588. The number of aliphatic carboxylic acids is 1. The van der Waals surface area contributed by atoms with E-state index in [0.29, 0.717) is 39.5 Å². The molecule has 104 valence electrons. The predicted molar refractivity (Wildman–Crippen MR) is 63.4 cm³/mol. The molecule has 0 aliphatic carbocycles. The molecule has 0 spiro atoms. The minimum absolute atomic E-state index is 0.204. The number of hydrogen-bond donors (Lipinski definition) is 2. The van der Waals surface area contributed by atoms with Gasteiger partial charge in [0.2, 0.25) is 0 Å². The van der Waals surface area contributed by atoms with Crippen molar-refractivity contribution in [2.75, 3.05) is 46.6 Å². The van der Waals surface area contributed by atoms with Gasteiger partial charge in [-0.1, -0.05) is 0 Å². The van der Waals surface area contributed by atoms with Gasteiger partial charge >= 0.3 is 12.0 Å². The first-order valence-electron chi connectivity index (χ1n) is 5.97. The van der Waals surface area contributed by atoms with Crippen molar-refractivity contribution in [3.63, 3.8) is 0 Å². The van der Waals surface area contributed by atoms with Gasteiger partial charge in [0.25, 0.3) is 0 Å². The lowest BCUT2D eigenvalue weighted by Gasteiger charge is -2.36. The smallest absolute Gasteiger partial charge is 0.317 e. The fourth-order valence-electron chi connectivity index (χ4n) is 1.53. The summed E-state index contributed by atoms with van der Waals surface area (Å²) in [7, 11) is 1.61. The third kappa shape index (κ3) is 4.89. The molecule has 1 aliphatic heterocycles. The first-order valence-corrected chi connectivity index (χ1v) is 5.97. The number of rotatable bonds is 8. The molecule has 1 aliphatic rings. The van der Waals surface area contributed by atoms with E-state index in [1.807, 2.05) is 0 Å². The largest absolute Gasteiger partial charge is 0.481 e. The molecule has 1 rings (SSSR count). The molecule has 1 fully saturated rings. The van der Waals surface area contributed by atoms with Gasteiger partial charge in [0.1, 0.15) is 0 Å². The number of carbonyl (C=O) groups excluding carboxylic acids is 1. The van der Waals surface area contributed by atoms with E-state index in [9.17, 15) is 9.59 Å². The van der Waals surface area contributed by atoms with Crippen LogP contribution >= 0.6 is 0 Å². The lowest BCUT2D eigenvalue weighted by molar-refractivity contribution is -0.146. The number of hydrogen-bond acceptors (Lipinski definition) is 4. The van der Waals surface area contributed by atoms with Gasteiger partial charge in [-0.3, -0.25) is 4.79 Å². The van der Waals surface area contributed by atoms with Crippen LogP contribution in [0.3, 0.4) is 0 Å². The van der Waals surface area contributed by atoms with Crippen molar-refractivity contribution in [2.24, 2.45) is 5.92 Å². The first kappa shape index (κ1) is 14.7. The molecule has 0 atom stereocenters. The normalized spacial score (nSPS) is 15.3. The summed E-state index contributed by atoms with van der Waals surface area (Å²) in [5, 5.41) is 11.4. The fourth-order valence-corrected chi connectivity index (χ4v) is 1.53. The summed E-state index contributed by atoms with van der Waals surface area (Å²) in [4.78, 5) is 23.5. The van der Waals surface area contributed by atoms with Gasteiger partial charge in [-0.05, 0) is 6.42 Å². The van der Waals surface area contributed by atoms with E-state index in [4.69, 9.17) is 14.6 Å². The molecule has 0 aromatic heterocycles. The van der Waals surface area contributed by atoms with E-state index in [1.54, 1.807) is 7.11 Å². The second-order valence-electron chi connectivity index (χ2n) is 4.13. The highest BCUT2D eigenvalue weighted by atomic mass is 16.5. The van der Waals surface area contributed by atoms with Crippen LogP contribution < -0.4 is 5.32 Å². The Morgan fingerprint density at radius 3 is 2.67 bits per heavy atom. The van der Waals surface area contributed by atoms with E-state index in [-0.39, 0.29) is 6.03 Å². The second kappa shape index (κ2) is 7.88. The van der Waals surface area contributed by atoms with Gasteiger partial charge in [0, 0.05) is 33.4 Å². The van der Waals surface area contributed by atoms with Crippen LogP contribution in [0.25, 0.3) is 0 Å². The Morgan fingerprint density at radius 2 is 2.06 bits per heavy atom. The van der Waals surface area contributed by atoms with Crippen LogP contribution in [0.5, 0.6) is 0 Å². The van der Waals surface area contributed by atoms with E-state index < -0.39 is 11.9 Å². The molecular formula is C11H20N2O5. The van der Waals surface area contributed by atoms with Gasteiger partial charge in [-0.15, -0.1) is 0 Å². The van der Waals surface area contributed by atoms with Gasteiger partial charge in [0.05, 0.1) is 19.1 Å². The molecule has 0 radical (unpaired) electrons. The minimum Gasteiger partial charge on any atom is -0.481 e. The Morgan fingerprint density at radius 1 is 1.33 bits per heavy atom. The van der Waals surface area contributed by atoms with Gasteiger partial charge in [-0.2, -0.15) is 0 Å². The van der Waals surface area contributed by atoms with Crippen molar-refractivity contribution < 1.29 is 24.2 Å². The van der Waals surface area contributed by atoms with Crippen LogP contribution in [0, 0.1) is 5.92 Å². The third-order valence-electron chi connectivity index (χ3n) is 2.69. The standard InChI is InChI=1S/C11H20N2O5/c1-17-5-6-18-4-2-3-12-11(16)13-7-9(8-13)10(14)15/h9H,2-8H2,1H3,(H,12,16)(H,14,15). The molecule has 7 heteroatoms. The van der Waals surface area contributed by atoms with Crippen molar-refractivity contribution in [3.8, 4) is 0 Å². The average Bonchev–Trinajstić information content (AvgIpc) is 2.25. The summed E-state index contributed by atoms with van der Waals surface area (Å²) in [6.07, 6.45) is 0.728. The molecular weight excluding hydrogens is 240 g/mol. The summed E-state index contributed by atoms with van der Waals surface area (Å²) in [5.74, 6) is -1.25.